The number of nitrogens with zero attached hydrogens (tertiary/aromatic N) is 1. The van der Waals surface area contributed by atoms with Crippen molar-refractivity contribution in [3.05, 3.63) is 95.5 Å². The molecule has 3 aromatic carbocycles. The Morgan fingerprint density at radius 2 is 1.21 bits per heavy atom. The lowest BCUT2D eigenvalue weighted by atomic mass is 9.98. The summed E-state index contributed by atoms with van der Waals surface area (Å²) >= 11 is 5.77. The first-order valence-electron chi connectivity index (χ1n) is 10.4. The molecule has 0 amide bonds. The molecule has 4 rings (SSSR count). The van der Waals surface area contributed by atoms with Crippen LogP contribution in [0.4, 0.5) is 30.7 Å². The highest BCUT2D eigenvalue weighted by Crippen LogP contribution is 2.57. The standard InChI is InChI=1S/C24H14ClF7NO4P/c25-16-13-11-15(12-14-16)20-19(22(26,27)23(28,29)24(30,31)32)21(35-33-20)38(34,36-17-7-3-1-4-8-17)37-18-9-5-2-6-10-18/h1-14H. The number of rotatable bonds is 8. The van der Waals surface area contributed by atoms with E-state index in [1.165, 1.54) is 60.7 Å². The highest BCUT2D eigenvalue weighted by Gasteiger charge is 2.76. The van der Waals surface area contributed by atoms with Crippen LogP contribution < -0.4 is 14.5 Å². The van der Waals surface area contributed by atoms with Gasteiger partial charge in [0.25, 0.3) is 5.50 Å². The summed E-state index contributed by atoms with van der Waals surface area (Å²) in [5.41, 5.74) is -5.32. The van der Waals surface area contributed by atoms with E-state index >= 15 is 8.78 Å². The second-order valence-electron chi connectivity index (χ2n) is 7.67. The molecule has 0 fully saturated rings. The van der Waals surface area contributed by atoms with Crippen LogP contribution >= 0.6 is 19.2 Å². The monoisotopic (exact) mass is 579 g/mol. The van der Waals surface area contributed by atoms with Crippen molar-refractivity contribution in [2.75, 3.05) is 0 Å². The lowest BCUT2D eigenvalue weighted by molar-refractivity contribution is -0.359. The topological polar surface area (TPSA) is 61.6 Å². The highest BCUT2D eigenvalue weighted by atomic mass is 35.5. The number of aromatic nitrogens is 1. The Bertz CT molecular complexity index is 1400. The van der Waals surface area contributed by atoms with Crippen molar-refractivity contribution in [2.45, 2.75) is 18.0 Å². The maximum atomic E-state index is 15.3. The molecule has 0 aliphatic heterocycles. The van der Waals surface area contributed by atoms with Crippen molar-refractivity contribution in [1.29, 1.82) is 0 Å². The summed E-state index contributed by atoms with van der Waals surface area (Å²) in [6, 6.07) is 17.9. The average Bonchev–Trinajstić information content (AvgIpc) is 3.32. The number of halogens is 8. The van der Waals surface area contributed by atoms with Gasteiger partial charge in [-0.15, -0.1) is 0 Å². The van der Waals surface area contributed by atoms with Gasteiger partial charge in [-0.3, -0.25) is 0 Å². The fraction of sp³-hybridized carbons (Fsp3) is 0.125. The Morgan fingerprint density at radius 1 is 0.737 bits per heavy atom. The molecule has 0 N–H and O–H groups in total. The first kappa shape index (κ1) is 27.5. The molecule has 1 heterocycles. The zero-order valence-electron chi connectivity index (χ0n) is 18.6. The van der Waals surface area contributed by atoms with E-state index in [0.29, 0.717) is 0 Å². The minimum Gasteiger partial charge on any atom is -0.411 e. The van der Waals surface area contributed by atoms with Crippen LogP contribution in [-0.4, -0.2) is 17.3 Å². The summed E-state index contributed by atoms with van der Waals surface area (Å²) in [4.78, 5) is 0. The van der Waals surface area contributed by atoms with Crippen molar-refractivity contribution in [2.24, 2.45) is 0 Å². The van der Waals surface area contributed by atoms with Crippen LogP contribution in [0.2, 0.25) is 5.02 Å². The number of hydrogen-bond acceptors (Lipinski definition) is 5. The molecular formula is C24H14ClF7NO4P. The molecule has 4 aromatic rings. The van der Waals surface area contributed by atoms with Crippen LogP contribution in [-0.2, 0) is 10.5 Å². The van der Waals surface area contributed by atoms with Gasteiger partial charge in [-0.25, -0.2) is 4.57 Å². The largest absolute Gasteiger partial charge is 0.501 e. The first-order valence-corrected chi connectivity index (χ1v) is 12.4. The third-order valence-electron chi connectivity index (χ3n) is 5.04. The zero-order chi connectivity index (χ0) is 27.8. The van der Waals surface area contributed by atoms with E-state index in [9.17, 15) is 26.5 Å². The number of benzene rings is 3. The summed E-state index contributed by atoms with van der Waals surface area (Å²) in [7, 11) is -5.32. The molecule has 0 radical (unpaired) electrons. The van der Waals surface area contributed by atoms with Crippen molar-refractivity contribution >= 4 is 24.7 Å². The molecule has 0 atom stereocenters. The summed E-state index contributed by atoms with van der Waals surface area (Å²) in [5.74, 6) is -13.2. The average molecular weight is 580 g/mol. The molecule has 0 unspecified atom stereocenters. The van der Waals surface area contributed by atoms with Crippen molar-refractivity contribution in [1.82, 2.24) is 5.16 Å². The normalized spacial score (nSPS) is 12.8. The quantitative estimate of drug-likeness (QED) is 0.155. The maximum Gasteiger partial charge on any atom is 0.501 e. The van der Waals surface area contributed by atoms with Gasteiger partial charge in [-0.05, 0) is 36.4 Å². The molecule has 0 saturated heterocycles. The Hall–Kier alpha value is -3.50. The minimum atomic E-state index is -6.72. The Kier molecular flexibility index (Phi) is 7.24. The van der Waals surface area contributed by atoms with Gasteiger partial charge in [-0.1, -0.05) is 65.3 Å². The molecule has 0 spiro atoms. The molecule has 200 valence electrons. The second kappa shape index (κ2) is 9.99. The van der Waals surface area contributed by atoms with Crippen LogP contribution in [0.1, 0.15) is 5.56 Å². The van der Waals surface area contributed by atoms with Crippen molar-refractivity contribution < 1.29 is 48.9 Å². The Labute approximate surface area is 215 Å². The number of hydrogen-bond donors (Lipinski definition) is 0. The van der Waals surface area contributed by atoms with Crippen LogP contribution in [0.3, 0.4) is 0 Å². The minimum absolute atomic E-state index is 0.0943. The van der Waals surface area contributed by atoms with Crippen molar-refractivity contribution in [3.63, 3.8) is 0 Å². The van der Waals surface area contributed by atoms with Crippen molar-refractivity contribution in [3.8, 4) is 22.8 Å². The van der Waals surface area contributed by atoms with E-state index in [4.69, 9.17) is 25.2 Å². The molecule has 0 aliphatic rings. The van der Waals surface area contributed by atoms with E-state index < -0.39 is 42.4 Å². The number of alkyl halides is 7. The SMILES string of the molecule is O=P(Oc1ccccc1)(Oc1ccccc1)c1onc(-c2ccc(Cl)cc2)c1C(F)(F)C(F)(F)C(F)(F)F. The third kappa shape index (κ3) is 5.10. The molecular weight excluding hydrogens is 566 g/mol. The van der Waals surface area contributed by atoms with Crippen LogP contribution in [0.5, 0.6) is 11.5 Å². The third-order valence-corrected chi connectivity index (χ3v) is 7.00. The fourth-order valence-electron chi connectivity index (χ4n) is 3.23. The fourth-order valence-corrected chi connectivity index (χ4v) is 5.02. The van der Waals surface area contributed by atoms with Gasteiger partial charge in [0.1, 0.15) is 22.8 Å². The van der Waals surface area contributed by atoms with Gasteiger partial charge >= 0.3 is 25.6 Å². The van der Waals surface area contributed by atoms with Crippen LogP contribution in [0, 0.1) is 0 Å². The molecule has 0 aliphatic carbocycles. The molecule has 38 heavy (non-hydrogen) atoms. The summed E-state index contributed by atoms with van der Waals surface area (Å²) in [6.07, 6.45) is -6.72. The summed E-state index contributed by atoms with van der Waals surface area (Å²) in [6.45, 7) is 0. The zero-order valence-corrected chi connectivity index (χ0v) is 20.3. The first-order chi connectivity index (χ1) is 17.8. The van der Waals surface area contributed by atoms with E-state index in [-0.39, 0.29) is 22.1 Å². The molecule has 5 nitrogen and oxygen atoms in total. The van der Waals surface area contributed by atoms with Gasteiger partial charge in [0.15, 0.2) is 0 Å². The predicted octanol–water partition coefficient (Wildman–Crippen LogP) is 8.26. The molecule has 14 heteroatoms. The molecule has 1 aromatic heterocycles. The Balaban J connectivity index is 2.00. The number of para-hydroxylation sites is 2. The van der Waals surface area contributed by atoms with Gasteiger partial charge in [-0.2, -0.15) is 30.7 Å². The van der Waals surface area contributed by atoms with E-state index in [1.54, 1.807) is 0 Å². The lowest BCUT2D eigenvalue weighted by Crippen LogP contribution is -2.51. The van der Waals surface area contributed by atoms with Gasteiger partial charge in [0.05, 0.1) is 0 Å². The predicted molar refractivity (Wildman–Crippen MR) is 123 cm³/mol. The highest BCUT2D eigenvalue weighted by molar-refractivity contribution is 7.62. The maximum absolute atomic E-state index is 15.3. The lowest BCUT2D eigenvalue weighted by Gasteiger charge is -2.29. The second-order valence-corrected chi connectivity index (χ2v) is 9.87. The van der Waals surface area contributed by atoms with E-state index in [2.05, 4.69) is 5.16 Å². The summed E-state index contributed by atoms with van der Waals surface area (Å²) in [5, 5.41) is 3.39. The summed E-state index contributed by atoms with van der Waals surface area (Å²) < 4.78 is 128. The molecule has 0 saturated carbocycles. The van der Waals surface area contributed by atoms with Crippen LogP contribution in [0.15, 0.2) is 89.5 Å². The molecule has 0 bridgehead atoms. The van der Waals surface area contributed by atoms with Gasteiger partial charge < -0.3 is 13.6 Å². The van der Waals surface area contributed by atoms with E-state index in [0.717, 1.165) is 24.3 Å². The van der Waals surface area contributed by atoms with Gasteiger partial charge in [0, 0.05) is 10.6 Å². The Morgan fingerprint density at radius 3 is 1.66 bits per heavy atom. The smallest absolute Gasteiger partial charge is 0.411 e. The van der Waals surface area contributed by atoms with Gasteiger partial charge in [0.2, 0.25) is 0 Å². The van der Waals surface area contributed by atoms with Crippen LogP contribution in [0.25, 0.3) is 11.3 Å². The van der Waals surface area contributed by atoms with E-state index in [1.807, 2.05) is 0 Å².